The molecule has 0 saturated carbocycles. The summed E-state index contributed by atoms with van der Waals surface area (Å²) >= 11 is 9.22. The number of Topliss-reactive ketones (excluding diaryl/α,β-unsaturated/α-hetero) is 1. The Balaban J connectivity index is 2.34. The first-order valence-electron chi connectivity index (χ1n) is 5.88. The number of benzene rings is 2. The summed E-state index contributed by atoms with van der Waals surface area (Å²) in [6.45, 7) is 1.42. The summed E-state index contributed by atoms with van der Waals surface area (Å²) in [5.74, 6) is -0.123. The zero-order valence-electron chi connectivity index (χ0n) is 10.9. The van der Waals surface area contributed by atoms with E-state index in [1.807, 2.05) is 0 Å². The van der Waals surface area contributed by atoms with Crippen molar-refractivity contribution >= 4 is 49.0 Å². The molecule has 0 unspecified atom stereocenters. The Morgan fingerprint density at radius 3 is 2.33 bits per heavy atom. The minimum Gasteiger partial charge on any atom is -0.295 e. The van der Waals surface area contributed by atoms with Crippen molar-refractivity contribution in [2.24, 2.45) is 0 Å². The fraction of sp³-hybridized carbons (Fsp3) is 0.0714. The van der Waals surface area contributed by atoms with Gasteiger partial charge in [-0.2, -0.15) is 0 Å². The molecule has 0 atom stereocenters. The molecule has 0 amide bonds. The molecule has 0 aliphatic heterocycles. The number of nitrogens with one attached hydrogen (secondary N) is 1. The summed E-state index contributed by atoms with van der Waals surface area (Å²) in [4.78, 5) is 11.3. The smallest absolute Gasteiger partial charge is 0.261 e. The molecule has 2 aromatic carbocycles. The number of carbonyl (C=O) groups excluding carboxylic acids is 1. The number of carbonyl (C=O) groups is 1. The first-order chi connectivity index (χ1) is 9.79. The third-order valence-electron chi connectivity index (χ3n) is 2.74. The van der Waals surface area contributed by atoms with Gasteiger partial charge in [-0.3, -0.25) is 9.52 Å². The first-order valence-corrected chi connectivity index (χ1v) is 8.54. The van der Waals surface area contributed by atoms with Crippen molar-refractivity contribution in [2.75, 3.05) is 4.72 Å². The van der Waals surface area contributed by atoms with E-state index in [0.29, 0.717) is 15.1 Å². The highest BCUT2D eigenvalue weighted by molar-refractivity contribution is 9.10. The number of rotatable bonds is 4. The zero-order valence-corrected chi connectivity index (χ0v) is 14.1. The van der Waals surface area contributed by atoms with Crippen LogP contribution in [-0.2, 0) is 10.0 Å². The Morgan fingerprint density at radius 2 is 1.76 bits per heavy atom. The van der Waals surface area contributed by atoms with E-state index in [-0.39, 0.29) is 16.4 Å². The maximum atomic E-state index is 12.3. The molecule has 0 fully saturated rings. The van der Waals surface area contributed by atoms with Gasteiger partial charge in [0.25, 0.3) is 10.0 Å². The van der Waals surface area contributed by atoms with Gasteiger partial charge in [0.15, 0.2) is 5.78 Å². The molecule has 2 aromatic rings. The van der Waals surface area contributed by atoms with Gasteiger partial charge in [0, 0.05) is 10.0 Å². The van der Waals surface area contributed by atoms with Gasteiger partial charge in [0.05, 0.1) is 15.6 Å². The summed E-state index contributed by atoms with van der Waals surface area (Å²) < 4.78 is 27.7. The third kappa shape index (κ3) is 3.84. The number of halogens is 2. The second kappa shape index (κ2) is 6.17. The van der Waals surface area contributed by atoms with E-state index in [2.05, 4.69) is 20.7 Å². The summed E-state index contributed by atoms with van der Waals surface area (Å²) in [6, 6.07) is 10.6. The van der Waals surface area contributed by atoms with E-state index in [1.54, 1.807) is 18.2 Å². The van der Waals surface area contributed by atoms with Crippen molar-refractivity contribution in [1.29, 1.82) is 0 Å². The van der Waals surface area contributed by atoms with Crippen LogP contribution in [-0.4, -0.2) is 14.2 Å². The van der Waals surface area contributed by atoms with Crippen molar-refractivity contribution in [3.63, 3.8) is 0 Å². The van der Waals surface area contributed by atoms with Gasteiger partial charge >= 0.3 is 0 Å². The summed E-state index contributed by atoms with van der Waals surface area (Å²) in [5, 5.41) is 0.294. The number of anilines is 1. The van der Waals surface area contributed by atoms with E-state index < -0.39 is 10.0 Å². The number of sulfonamides is 1. The van der Waals surface area contributed by atoms with Crippen LogP contribution in [0.25, 0.3) is 0 Å². The highest BCUT2D eigenvalue weighted by atomic mass is 79.9. The normalized spacial score (nSPS) is 11.2. The average molecular weight is 389 g/mol. The average Bonchev–Trinajstić information content (AvgIpc) is 2.43. The van der Waals surface area contributed by atoms with Gasteiger partial charge < -0.3 is 0 Å². The number of hydrogen-bond donors (Lipinski definition) is 1. The lowest BCUT2D eigenvalue weighted by atomic mass is 10.2. The molecule has 0 saturated heterocycles. The first kappa shape index (κ1) is 16.0. The van der Waals surface area contributed by atoms with Crippen LogP contribution in [0, 0.1) is 0 Å². The van der Waals surface area contributed by atoms with Crippen LogP contribution < -0.4 is 4.72 Å². The Hall–Kier alpha value is -1.37. The topological polar surface area (TPSA) is 63.2 Å². The maximum Gasteiger partial charge on any atom is 0.261 e. The zero-order chi connectivity index (χ0) is 15.6. The standard InChI is InChI=1S/C14H11BrClNO3S/c1-9(18)10-2-5-12(6-3-10)21(19,20)17-14-8-11(15)4-7-13(14)16/h2-8,17H,1H3. The molecular formula is C14H11BrClNO3S. The summed E-state index contributed by atoms with van der Waals surface area (Å²) in [5.41, 5.74) is 0.733. The fourth-order valence-electron chi connectivity index (χ4n) is 1.65. The van der Waals surface area contributed by atoms with Crippen LogP contribution in [0.5, 0.6) is 0 Å². The molecular weight excluding hydrogens is 378 g/mol. The van der Waals surface area contributed by atoms with Gasteiger partial charge in [0.1, 0.15) is 0 Å². The molecule has 0 aliphatic carbocycles. The van der Waals surface area contributed by atoms with Crippen LogP contribution in [0.4, 0.5) is 5.69 Å². The Labute approximate surface area is 136 Å². The molecule has 0 spiro atoms. The minimum atomic E-state index is -3.76. The summed E-state index contributed by atoms with van der Waals surface area (Å²) in [7, 11) is -3.76. The van der Waals surface area contributed by atoms with Crippen LogP contribution in [0.3, 0.4) is 0 Å². The number of hydrogen-bond acceptors (Lipinski definition) is 3. The van der Waals surface area contributed by atoms with Crippen LogP contribution in [0.15, 0.2) is 51.8 Å². The molecule has 0 heterocycles. The molecule has 0 aliphatic rings. The van der Waals surface area contributed by atoms with Crippen LogP contribution in [0.2, 0.25) is 5.02 Å². The van der Waals surface area contributed by atoms with E-state index >= 15 is 0 Å². The maximum absolute atomic E-state index is 12.3. The van der Waals surface area contributed by atoms with Gasteiger partial charge in [-0.1, -0.05) is 39.7 Å². The van der Waals surface area contributed by atoms with Crippen LogP contribution in [0.1, 0.15) is 17.3 Å². The predicted molar refractivity (Wildman–Crippen MR) is 86.4 cm³/mol. The van der Waals surface area contributed by atoms with E-state index in [1.165, 1.54) is 31.2 Å². The van der Waals surface area contributed by atoms with Gasteiger partial charge in [0.2, 0.25) is 0 Å². The van der Waals surface area contributed by atoms with Gasteiger partial charge in [-0.05, 0) is 37.3 Å². The second-order valence-corrected chi connectivity index (χ2v) is 7.32. The quantitative estimate of drug-likeness (QED) is 0.802. The molecule has 1 N–H and O–H groups in total. The minimum absolute atomic E-state index is 0.0588. The molecule has 0 radical (unpaired) electrons. The molecule has 21 heavy (non-hydrogen) atoms. The lowest BCUT2D eigenvalue weighted by molar-refractivity contribution is 0.101. The van der Waals surface area contributed by atoms with Crippen molar-refractivity contribution in [2.45, 2.75) is 11.8 Å². The van der Waals surface area contributed by atoms with Crippen molar-refractivity contribution in [3.05, 3.63) is 57.5 Å². The molecule has 4 nitrogen and oxygen atoms in total. The Morgan fingerprint density at radius 1 is 1.14 bits per heavy atom. The molecule has 110 valence electrons. The Bertz CT molecular complexity index is 788. The largest absolute Gasteiger partial charge is 0.295 e. The lowest BCUT2D eigenvalue weighted by Crippen LogP contribution is -2.13. The third-order valence-corrected chi connectivity index (χ3v) is 4.95. The Kier molecular flexibility index (Phi) is 4.70. The molecule has 0 bridgehead atoms. The van der Waals surface area contributed by atoms with Gasteiger partial charge in [-0.25, -0.2) is 8.42 Å². The van der Waals surface area contributed by atoms with Crippen molar-refractivity contribution in [1.82, 2.24) is 0 Å². The van der Waals surface area contributed by atoms with Crippen molar-refractivity contribution < 1.29 is 13.2 Å². The van der Waals surface area contributed by atoms with Gasteiger partial charge in [-0.15, -0.1) is 0 Å². The summed E-state index contributed by atoms with van der Waals surface area (Å²) in [6.07, 6.45) is 0. The molecule has 0 aromatic heterocycles. The monoisotopic (exact) mass is 387 g/mol. The van der Waals surface area contributed by atoms with E-state index in [0.717, 1.165) is 0 Å². The molecule has 2 rings (SSSR count). The van der Waals surface area contributed by atoms with Crippen molar-refractivity contribution in [3.8, 4) is 0 Å². The fourth-order valence-corrected chi connectivity index (χ4v) is 3.30. The second-order valence-electron chi connectivity index (χ2n) is 4.31. The SMILES string of the molecule is CC(=O)c1ccc(S(=O)(=O)Nc2cc(Br)ccc2Cl)cc1. The van der Waals surface area contributed by atoms with E-state index in [4.69, 9.17) is 11.6 Å². The molecule has 7 heteroatoms. The van der Waals surface area contributed by atoms with E-state index in [9.17, 15) is 13.2 Å². The van der Waals surface area contributed by atoms with Crippen LogP contribution >= 0.6 is 27.5 Å². The highest BCUT2D eigenvalue weighted by Gasteiger charge is 2.16. The predicted octanol–water partition coefficient (Wildman–Crippen LogP) is 4.11. The number of ketones is 1. The lowest BCUT2D eigenvalue weighted by Gasteiger charge is -2.10. The highest BCUT2D eigenvalue weighted by Crippen LogP contribution is 2.28.